The Morgan fingerprint density at radius 3 is 2.72 bits per heavy atom. The topological polar surface area (TPSA) is 51.0 Å². The Labute approximate surface area is 173 Å². The third-order valence-corrected chi connectivity index (χ3v) is 6.45. The first-order valence-corrected chi connectivity index (χ1v) is 10.5. The number of rotatable bonds is 3. The Morgan fingerprint density at radius 1 is 1.10 bits per heavy atom. The molecule has 1 aliphatic rings. The van der Waals surface area contributed by atoms with E-state index in [-0.39, 0.29) is 11.9 Å². The first-order valence-electron chi connectivity index (χ1n) is 9.62. The van der Waals surface area contributed by atoms with E-state index in [0.717, 1.165) is 17.7 Å². The highest BCUT2D eigenvalue weighted by Gasteiger charge is 2.34. The summed E-state index contributed by atoms with van der Waals surface area (Å²) in [6, 6.07) is 18.0. The molecule has 0 aliphatic carbocycles. The number of hydrogen-bond acceptors (Lipinski definition) is 4. The van der Waals surface area contributed by atoms with Crippen molar-refractivity contribution in [3.63, 3.8) is 0 Å². The Bertz CT molecular complexity index is 1150. The van der Waals surface area contributed by atoms with Crippen LogP contribution in [0, 0.1) is 6.92 Å². The van der Waals surface area contributed by atoms with Crippen LogP contribution in [-0.2, 0) is 6.42 Å². The highest BCUT2D eigenvalue weighted by atomic mass is 32.1. The van der Waals surface area contributed by atoms with E-state index in [2.05, 4.69) is 33.7 Å². The van der Waals surface area contributed by atoms with Crippen LogP contribution in [0.2, 0.25) is 0 Å². The minimum atomic E-state index is -0.0729. The minimum Gasteiger partial charge on any atom is -0.327 e. The molecule has 0 saturated heterocycles. The molecule has 6 heteroatoms. The zero-order valence-electron chi connectivity index (χ0n) is 16.0. The molecule has 144 valence electrons. The summed E-state index contributed by atoms with van der Waals surface area (Å²) in [6.45, 7) is 2.62. The smallest absolute Gasteiger partial charge is 0.258 e. The number of carbonyl (C=O) groups excluding carboxylic acids is 1. The van der Waals surface area contributed by atoms with Crippen LogP contribution in [0.3, 0.4) is 0 Å². The molecule has 1 aliphatic heterocycles. The molecule has 1 aromatic carbocycles. The van der Waals surface area contributed by atoms with Gasteiger partial charge in [-0.1, -0.05) is 36.4 Å². The maximum Gasteiger partial charge on any atom is 0.258 e. The van der Waals surface area contributed by atoms with Crippen LogP contribution < -0.4 is 0 Å². The van der Waals surface area contributed by atoms with Crippen molar-refractivity contribution in [2.24, 2.45) is 0 Å². The average molecular weight is 401 g/mol. The van der Waals surface area contributed by atoms with E-state index in [1.54, 1.807) is 28.4 Å². The van der Waals surface area contributed by atoms with Crippen LogP contribution in [0.5, 0.6) is 0 Å². The number of hydrogen-bond donors (Lipinski definition) is 0. The van der Waals surface area contributed by atoms with E-state index in [1.165, 1.54) is 10.4 Å². The summed E-state index contributed by atoms with van der Waals surface area (Å²) in [5.41, 5.74) is 3.79. The summed E-state index contributed by atoms with van der Waals surface area (Å²) in [4.78, 5) is 21.3. The van der Waals surface area contributed by atoms with Gasteiger partial charge in [0.2, 0.25) is 0 Å². The van der Waals surface area contributed by atoms with E-state index >= 15 is 0 Å². The molecule has 3 aromatic heterocycles. The molecule has 4 heterocycles. The zero-order chi connectivity index (χ0) is 19.8. The lowest BCUT2D eigenvalue weighted by molar-refractivity contribution is 0.0695. The number of pyridine rings is 1. The Kier molecular flexibility index (Phi) is 4.48. The van der Waals surface area contributed by atoms with Gasteiger partial charge in [-0.2, -0.15) is 5.10 Å². The van der Waals surface area contributed by atoms with Gasteiger partial charge in [0.05, 0.1) is 23.5 Å². The minimum absolute atomic E-state index is 0.00961. The van der Waals surface area contributed by atoms with E-state index in [0.29, 0.717) is 17.9 Å². The molecule has 0 radical (unpaired) electrons. The van der Waals surface area contributed by atoms with Gasteiger partial charge in [0.15, 0.2) is 5.82 Å². The van der Waals surface area contributed by atoms with Crippen molar-refractivity contribution in [3.8, 4) is 5.82 Å². The van der Waals surface area contributed by atoms with Gasteiger partial charge in [0.25, 0.3) is 5.91 Å². The maximum atomic E-state index is 13.6. The second-order valence-electron chi connectivity index (χ2n) is 7.10. The van der Waals surface area contributed by atoms with Crippen LogP contribution in [0.4, 0.5) is 0 Å². The summed E-state index contributed by atoms with van der Waals surface area (Å²) in [7, 11) is 0. The first-order chi connectivity index (χ1) is 14.2. The number of benzene rings is 1. The molecular formula is C23H20N4OS. The Morgan fingerprint density at radius 2 is 1.93 bits per heavy atom. The standard InChI is InChI=1S/C23H20N4OS/c1-16-19(15-25-27(16)21-9-5-6-12-24-21)23(28)26-13-10-20-18(11-14-29-20)22(26)17-7-3-2-4-8-17/h2-9,11-12,14-15,22H,10,13H2,1H3. The Hall–Kier alpha value is -3.25. The fourth-order valence-electron chi connectivity index (χ4n) is 4.01. The molecule has 1 unspecified atom stereocenters. The number of thiophene rings is 1. The highest BCUT2D eigenvalue weighted by Crippen LogP contribution is 2.38. The van der Waals surface area contributed by atoms with E-state index in [9.17, 15) is 4.79 Å². The van der Waals surface area contributed by atoms with E-state index in [4.69, 9.17) is 0 Å². The van der Waals surface area contributed by atoms with E-state index < -0.39 is 0 Å². The number of fused-ring (bicyclic) bond motifs is 1. The van der Waals surface area contributed by atoms with Crippen LogP contribution in [0.25, 0.3) is 5.82 Å². The van der Waals surface area contributed by atoms with Crippen molar-refractivity contribution in [2.75, 3.05) is 6.54 Å². The molecule has 0 N–H and O–H groups in total. The van der Waals surface area contributed by atoms with Gasteiger partial charge in [0, 0.05) is 17.6 Å². The number of amides is 1. The second-order valence-corrected chi connectivity index (χ2v) is 8.10. The number of nitrogens with zero attached hydrogens (tertiary/aromatic N) is 4. The van der Waals surface area contributed by atoms with E-state index in [1.807, 2.05) is 48.2 Å². The van der Waals surface area contributed by atoms with Gasteiger partial charge in [-0.15, -0.1) is 11.3 Å². The van der Waals surface area contributed by atoms with Gasteiger partial charge >= 0.3 is 0 Å². The molecule has 5 nitrogen and oxygen atoms in total. The average Bonchev–Trinajstić information content (AvgIpc) is 3.40. The summed E-state index contributed by atoms with van der Waals surface area (Å²) in [6.07, 6.45) is 4.28. The van der Waals surface area contributed by atoms with Crippen molar-refractivity contribution in [1.82, 2.24) is 19.7 Å². The number of carbonyl (C=O) groups is 1. The van der Waals surface area contributed by atoms with Crippen LogP contribution in [0.1, 0.15) is 38.1 Å². The molecule has 0 fully saturated rings. The molecule has 0 saturated carbocycles. The summed E-state index contributed by atoms with van der Waals surface area (Å²) in [5, 5.41) is 6.57. The zero-order valence-corrected chi connectivity index (χ0v) is 16.8. The van der Waals surface area contributed by atoms with Gasteiger partial charge in [-0.25, -0.2) is 9.67 Å². The lowest BCUT2D eigenvalue weighted by Gasteiger charge is -2.36. The molecular weight excluding hydrogens is 380 g/mol. The monoisotopic (exact) mass is 400 g/mol. The first kappa shape index (κ1) is 17.8. The lowest BCUT2D eigenvalue weighted by atomic mass is 9.92. The second kappa shape index (κ2) is 7.29. The van der Waals surface area contributed by atoms with Gasteiger partial charge in [-0.3, -0.25) is 4.79 Å². The molecule has 0 bridgehead atoms. The predicted octanol–water partition coefficient (Wildman–Crippen LogP) is 4.43. The normalized spacial score (nSPS) is 15.9. The molecule has 29 heavy (non-hydrogen) atoms. The Balaban J connectivity index is 1.55. The highest BCUT2D eigenvalue weighted by molar-refractivity contribution is 7.10. The van der Waals surface area contributed by atoms with Crippen molar-refractivity contribution in [2.45, 2.75) is 19.4 Å². The summed E-state index contributed by atoms with van der Waals surface area (Å²) in [5.74, 6) is 0.720. The largest absolute Gasteiger partial charge is 0.327 e. The van der Waals surface area contributed by atoms with Crippen molar-refractivity contribution < 1.29 is 4.79 Å². The molecule has 5 rings (SSSR count). The van der Waals surface area contributed by atoms with Crippen molar-refractivity contribution >= 4 is 17.2 Å². The SMILES string of the molecule is Cc1c(C(=O)N2CCc3sccc3C2c2ccccc2)cnn1-c1ccccn1. The van der Waals surface area contributed by atoms with Gasteiger partial charge in [0.1, 0.15) is 0 Å². The molecule has 0 spiro atoms. The van der Waals surface area contributed by atoms with Crippen LogP contribution in [-0.4, -0.2) is 32.1 Å². The van der Waals surface area contributed by atoms with Crippen molar-refractivity contribution in [1.29, 1.82) is 0 Å². The number of aromatic nitrogens is 3. The molecule has 1 amide bonds. The maximum absolute atomic E-state index is 13.6. The molecule has 4 aromatic rings. The third kappa shape index (κ3) is 3.06. The lowest BCUT2D eigenvalue weighted by Crippen LogP contribution is -2.40. The summed E-state index contributed by atoms with van der Waals surface area (Å²) >= 11 is 1.78. The van der Waals surface area contributed by atoms with Gasteiger partial charge in [-0.05, 0) is 48.1 Å². The van der Waals surface area contributed by atoms with Gasteiger partial charge < -0.3 is 4.90 Å². The fraction of sp³-hybridized carbons (Fsp3) is 0.174. The van der Waals surface area contributed by atoms with Crippen LogP contribution in [0.15, 0.2) is 72.4 Å². The predicted molar refractivity (Wildman–Crippen MR) is 113 cm³/mol. The molecule has 1 atom stereocenters. The van der Waals surface area contributed by atoms with Crippen LogP contribution >= 0.6 is 11.3 Å². The van der Waals surface area contributed by atoms with Crippen molar-refractivity contribution in [3.05, 3.63) is 99.6 Å². The quantitative estimate of drug-likeness (QED) is 0.511. The fourth-order valence-corrected chi connectivity index (χ4v) is 4.92. The summed E-state index contributed by atoms with van der Waals surface area (Å²) < 4.78 is 1.73. The third-order valence-electron chi connectivity index (χ3n) is 5.45.